The molecule has 134 valence electrons. The van der Waals surface area contributed by atoms with E-state index in [-0.39, 0.29) is 5.91 Å². The molecule has 1 saturated carbocycles. The predicted molar refractivity (Wildman–Crippen MR) is 102 cm³/mol. The molecule has 0 radical (unpaired) electrons. The molecule has 0 saturated heterocycles. The number of anilines is 2. The van der Waals surface area contributed by atoms with E-state index in [2.05, 4.69) is 24.8 Å². The number of amides is 1. The van der Waals surface area contributed by atoms with Crippen molar-refractivity contribution in [3.8, 4) is 0 Å². The summed E-state index contributed by atoms with van der Waals surface area (Å²) in [5.41, 5.74) is 2.75. The molecule has 1 amide bonds. The Bertz CT molecular complexity index is 925. The molecule has 0 unspecified atom stereocenters. The molecule has 26 heavy (non-hydrogen) atoms. The quantitative estimate of drug-likeness (QED) is 0.781. The summed E-state index contributed by atoms with van der Waals surface area (Å²) in [5.74, 6) is 0.623. The summed E-state index contributed by atoms with van der Waals surface area (Å²) in [6, 6.07) is 5.97. The van der Waals surface area contributed by atoms with E-state index >= 15 is 0 Å². The average Bonchev–Trinajstić information content (AvgIpc) is 3.30. The van der Waals surface area contributed by atoms with Gasteiger partial charge in [-0.25, -0.2) is 15.0 Å². The predicted octanol–water partition coefficient (Wildman–Crippen LogP) is 3.26. The third-order valence-corrected chi connectivity index (χ3v) is 4.86. The van der Waals surface area contributed by atoms with Crippen LogP contribution in [-0.4, -0.2) is 39.5 Å². The van der Waals surface area contributed by atoms with Gasteiger partial charge in [0.15, 0.2) is 5.65 Å². The van der Waals surface area contributed by atoms with Crippen LogP contribution in [0.5, 0.6) is 0 Å². The van der Waals surface area contributed by atoms with Crippen LogP contribution in [0.2, 0.25) is 0 Å². The van der Waals surface area contributed by atoms with E-state index in [0.717, 1.165) is 17.0 Å². The van der Waals surface area contributed by atoms with Gasteiger partial charge in [-0.05, 0) is 31.0 Å². The molecule has 0 spiro atoms. The highest BCUT2D eigenvalue weighted by atomic mass is 16.1. The summed E-state index contributed by atoms with van der Waals surface area (Å²) in [4.78, 5) is 27.7. The number of nitrogens with one attached hydrogen (secondary N) is 1. The molecule has 0 aromatic carbocycles. The molecule has 1 aliphatic rings. The number of hydrogen-bond acceptors (Lipinski definition) is 5. The maximum Gasteiger partial charge on any atom is 0.257 e. The van der Waals surface area contributed by atoms with Gasteiger partial charge in [0, 0.05) is 26.3 Å². The number of aromatic nitrogens is 4. The molecule has 0 atom stereocenters. The van der Waals surface area contributed by atoms with Gasteiger partial charge in [-0.1, -0.05) is 12.8 Å². The smallest absolute Gasteiger partial charge is 0.257 e. The number of hydrogen-bond donors (Lipinski definition) is 1. The summed E-state index contributed by atoms with van der Waals surface area (Å²) in [7, 11) is 3.85. The Morgan fingerprint density at radius 2 is 1.96 bits per heavy atom. The van der Waals surface area contributed by atoms with Crippen LogP contribution in [0.4, 0.5) is 11.5 Å². The number of nitrogens with zero attached hydrogens (tertiary/aromatic N) is 5. The third-order valence-electron chi connectivity index (χ3n) is 4.86. The first-order valence-corrected chi connectivity index (χ1v) is 8.89. The van der Waals surface area contributed by atoms with Gasteiger partial charge >= 0.3 is 0 Å². The zero-order chi connectivity index (χ0) is 18.1. The van der Waals surface area contributed by atoms with Gasteiger partial charge in [-0.3, -0.25) is 4.79 Å². The molecule has 1 aliphatic carbocycles. The second-order valence-electron chi connectivity index (χ2n) is 6.91. The van der Waals surface area contributed by atoms with Crippen LogP contribution in [0.1, 0.15) is 42.1 Å². The first-order chi connectivity index (χ1) is 12.6. The summed E-state index contributed by atoms with van der Waals surface area (Å²) < 4.78 is 2.15. The molecule has 0 bridgehead atoms. The number of rotatable bonds is 4. The first-order valence-electron chi connectivity index (χ1n) is 8.89. The molecule has 4 rings (SSSR count). The number of imidazole rings is 1. The van der Waals surface area contributed by atoms with E-state index in [1.807, 2.05) is 37.5 Å². The fourth-order valence-electron chi connectivity index (χ4n) is 3.42. The minimum Gasteiger partial charge on any atom is -0.363 e. The lowest BCUT2D eigenvalue weighted by Gasteiger charge is -2.12. The topological polar surface area (TPSA) is 75.9 Å². The zero-order valence-electron chi connectivity index (χ0n) is 15.0. The molecule has 1 fully saturated rings. The van der Waals surface area contributed by atoms with Crippen LogP contribution >= 0.6 is 0 Å². The summed E-state index contributed by atoms with van der Waals surface area (Å²) in [6.45, 7) is 0. The van der Waals surface area contributed by atoms with E-state index in [1.54, 1.807) is 18.5 Å². The van der Waals surface area contributed by atoms with Crippen molar-refractivity contribution in [2.75, 3.05) is 24.3 Å². The van der Waals surface area contributed by atoms with Gasteiger partial charge in [0.25, 0.3) is 5.91 Å². The van der Waals surface area contributed by atoms with Crippen molar-refractivity contribution in [3.05, 3.63) is 42.5 Å². The fraction of sp³-hybridized carbons (Fsp3) is 0.368. The van der Waals surface area contributed by atoms with Crippen LogP contribution < -0.4 is 10.2 Å². The van der Waals surface area contributed by atoms with Gasteiger partial charge in [0.2, 0.25) is 0 Å². The number of fused-ring (bicyclic) bond motifs is 1. The zero-order valence-corrected chi connectivity index (χ0v) is 15.0. The minimum absolute atomic E-state index is 0.214. The highest BCUT2D eigenvalue weighted by molar-refractivity contribution is 6.05. The lowest BCUT2D eigenvalue weighted by molar-refractivity contribution is 0.102. The monoisotopic (exact) mass is 350 g/mol. The van der Waals surface area contributed by atoms with Crippen molar-refractivity contribution in [1.29, 1.82) is 0 Å². The summed E-state index contributed by atoms with van der Waals surface area (Å²) in [6.07, 6.45) is 9.97. The largest absolute Gasteiger partial charge is 0.363 e. The maximum absolute atomic E-state index is 12.5. The Labute approximate surface area is 152 Å². The Hall–Kier alpha value is -2.96. The van der Waals surface area contributed by atoms with E-state index in [0.29, 0.717) is 17.3 Å². The second kappa shape index (κ2) is 6.74. The van der Waals surface area contributed by atoms with E-state index < -0.39 is 0 Å². The molecule has 3 heterocycles. The first kappa shape index (κ1) is 16.5. The molecule has 0 aliphatic heterocycles. The van der Waals surface area contributed by atoms with Crippen molar-refractivity contribution in [2.24, 2.45) is 0 Å². The highest BCUT2D eigenvalue weighted by Crippen LogP contribution is 2.31. The normalized spacial score (nSPS) is 14.7. The number of carbonyl (C=O) groups is 1. The third kappa shape index (κ3) is 3.12. The second-order valence-corrected chi connectivity index (χ2v) is 6.91. The van der Waals surface area contributed by atoms with Crippen LogP contribution in [0.25, 0.3) is 11.2 Å². The average molecular weight is 350 g/mol. The lowest BCUT2D eigenvalue weighted by atomic mass is 10.2. The Morgan fingerprint density at radius 3 is 2.65 bits per heavy atom. The van der Waals surface area contributed by atoms with Gasteiger partial charge in [-0.2, -0.15) is 0 Å². The van der Waals surface area contributed by atoms with E-state index in [9.17, 15) is 4.79 Å². The van der Waals surface area contributed by atoms with Crippen molar-refractivity contribution < 1.29 is 4.79 Å². The van der Waals surface area contributed by atoms with Crippen molar-refractivity contribution in [3.63, 3.8) is 0 Å². The van der Waals surface area contributed by atoms with Crippen LogP contribution in [-0.2, 0) is 0 Å². The summed E-state index contributed by atoms with van der Waals surface area (Å²) in [5, 5.41) is 2.86. The molecule has 3 aromatic heterocycles. The van der Waals surface area contributed by atoms with E-state index in [4.69, 9.17) is 0 Å². The Balaban J connectivity index is 1.53. The fourth-order valence-corrected chi connectivity index (χ4v) is 3.42. The van der Waals surface area contributed by atoms with Crippen molar-refractivity contribution in [2.45, 2.75) is 31.7 Å². The molecule has 7 nitrogen and oxygen atoms in total. The van der Waals surface area contributed by atoms with Crippen LogP contribution in [0.3, 0.4) is 0 Å². The number of pyridine rings is 2. The van der Waals surface area contributed by atoms with Gasteiger partial charge in [0.05, 0.1) is 23.8 Å². The molecular formula is C19H22N6O. The molecular weight excluding hydrogens is 328 g/mol. The standard InChI is InChI=1S/C19H22N6O/c1-24(2)17-8-7-14(11-20-17)23-19(26)13-9-16-18(21-10-13)25(12-22-16)15-5-3-4-6-15/h7-12,15H,3-6H2,1-2H3,(H,23,26). The van der Waals surface area contributed by atoms with Crippen LogP contribution in [0.15, 0.2) is 36.9 Å². The molecule has 7 heteroatoms. The highest BCUT2D eigenvalue weighted by Gasteiger charge is 2.20. The minimum atomic E-state index is -0.214. The SMILES string of the molecule is CN(C)c1ccc(NC(=O)c2cnc3c(c2)ncn3C2CCCC2)cn1. The Kier molecular flexibility index (Phi) is 4.28. The lowest BCUT2D eigenvalue weighted by Crippen LogP contribution is -2.14. The van der Waals surface area contributed by atoms with Crippen molar-refractivity contribution >= 4 is 28.6 Å². The maximum atomic E-state index is 12.5. The van der Waals surface area contributed by atoms with Gasteiger partial charge in [-0.15, -0.1) is 0 Å². The molecule has 3 aromatic rings. The Morgan fingerprint density at radius 1 is 1.15 bits per heavy atom. The van der Waals surface area contributed by atoms with Crippen LogP contribution in [0, 0.1) is 0 Å². The number of carbonyl (C=O) groups excluding carboxylic acids is 1. The molecule has 1 N–H and O–H groups in total. The van der Waals surface area contributed by atoms with Crippen molar-refractivity contribution in [1.82, 2.24) is 19.5 Å². The van der Waals surface area contributed by atoms with Gasteiger partial charge < -0.3 is 14.8 Å². The van der Waals surface area contributed by atoms with Gasteiger partial charge in [0.1, 0.15) is 11.3 Å². The summed E-state index contributed by atoms with van der Waals surface area (Å²) >= 11 is 0. The van der Waals surface area contributed by atoms with E-state index in [1.165, 1.54) is 25.7 Å².